The highest BCUT2D eigenvalue weighted by molar-refractivity contribution is 14.1. The summed E-state index contributed by atoms with van der Waals surface area (Å²) >= 11 is 1.95. The molecule has 0 radical (unpaired) electrons. The molecule has 1 aromatic carbocycles. The number of ether oxygens (including phenoxy) is 2. The van der Waals surface area contributed by atoms with Gasteiger partial charge in [0, 0.05) is 58.8 Å². The van der Waals surface area contributed by atoms with Crippen molar-refractivity contribution in [3.63, 3.8) is 0 Å². The topological polar surface area (TPSA) is 145 Å². The number of hydrogen-bond donors (Lipinski definition) is 3. The average molecular weight is 794 g/mol. The maximum atomic E-state index is 12.7. The minimum atomic E-state index is -0.314. The fourth-order valence-corrected chi connectivity index (χ4v) is 7.31. The van der Waals surface area contributed by atoms with Gasteiger partial charge in [0.05, 0.1) is 31.8 Å². The molecule has 2 aromatic rings. The lowest BCUT2D eigenvalue weighted by Crippen LogP contribution is -2.78. The second-order valence-electron chi connectivity index (χ2n) is 13.8. The van der Waals surface area contributed by atoms with E-state index >= 15 is 0 Å². The predicted molar refractivity (Wildman–Crippen MR) is 197 cm³/mol. The second kappa shape index (κ2) is 20.9. The Hall–Kier alpha value is -2.58. The molecule has 3 aliphatic carbocycles. The van der Waals surface area contributed by atoms with Crippen LogP contribution in [0.5, 0.6) is 0 Å². The molecule has 1 aromatic heterocycles. The van der Waals surface area contributed by atoms with Crippen molar-refractivity contribution in [3.8, 4) is 11.5 Å². The number of carbonyl (C=O) groups excluding carboxylic acids is 3. The van der Waals surface area contributed by atoms with Crippen LogP contribution in [0.2, 0.25) is 0 Å². The maximum Gasteiger partial charge on any atom is 0.278 e. The van der Waals surface area contributed by atoms with E-state index in [9.17, 15) is 14.4 Å². The van der Waals surface area contributed by atoms with Gasteiger partial charge in [0.25, 0.3) is 9.80 Å². The van der Waals surface area contributed by atoms with Gasteiger partial charge in [-0.2, -0.15) is 0 Å². The smallest absolute Gasteiger partial charge is 0.278 e. The number of carbonyl (C=O) groups is 3. The fourth-order valence-electron chi connectivity index (χ4n) is 6.99. The number of rotatable bonds is 27. The van der Waals surface area contributed by atoms with Gasteiger partial charge < -0.3 is 29.8 Å². The van der Waals surface area contributed by atoms with E-state index in [1.54, 1.807) is 24.3 Å². The Bertz CT molecular complexity index is 1280. The van der Waals surface area contributed by atoms with Gasteiger partial charge in [-0.25, -0.2) is 0 Å². The van der Waals surface area contributed by atoms with Gasteiger partial charge in [-0.15, -0.1) is 10.2 Å². The van der Waals surface area contributed by atoms with Gasteiger partial charge in [0.1, 0.15) is 0 Å². The largest absolute Gasteiger partial charge is 0.412 e. The molecule has 11 nitrogen and oxygen atoms in total. The van der Waals surface area contributed by atoms with E-state index in [0.717, 1.165) is 37.7 Å². The molecule has 12 heteroatoms. The Kier molecular flexibility index (Phi) is 16.8. The molecule has 3 saturated carbocycles. The van der Waals surface area contributed by atoms with E-state index in [-0.39, 0.29) is 28.7 Å². The number of halogens is 1. The minimum absolute atomic E-state index is 0.0646. The van der Waals surface area contributed by atoms with E-state index in [1.807, 2.05) is 22.6 Å². The lowest BCUT2D eigenvalue weighted by atomic mass is 9.39. The molecule has 0 spiro atoms. The minimum Gasteiger partial charge on any atom is -0.412 e. The number of hydrogen-bond acceptors (Lipinski definition) is 8. The summed E-state index contributed by atoms with van der Waals surface area (Å²) in [6.07, 6.45) is 19.7. The maximum absolute atomic E-state index is 12.7. The zero-order valence-corrected chi connectivity index (χ0v) is 31.5. The molecule has 3 fully saturated rings. The van der Waals surface area contributed by atoms with Crippen molar-refractivity contribution in [2.24, 2.45) is 5.41 Å². The van der Waals surface area contributed by atoms with E-state index in [2.05, 4.69) is 33.1 Å². The lowest BCUT2D eigenvalue weighted by molar-refractivity contribution is -0.183. The molecule has 1 heterocycles. The second-order valence-corrected chi connectivity index (χ2v) is 14.7. The zero-order chi connectivity index (χ0) is 34.8. The third kappa shape index (κ3) is 12.9. The molecule has 0 saturated heterocycles. The normalized spacial score (nSPS) is 19.1. The van der Waals surface area contributed by atoms with Gasteiger partial charge in [0.15, 0.2) is 0 Å². The molecule has 49 heavy (non-hydrogen) atoms. The predicted octanol–water partition coefficient (Wildman–Crippen LogP) is 6.74. The van der Waals surface area contributed by atoms with Crippen LogP contribution < -0.4 is 16.0 Å². The first kappa shape index (κ1) is 39.2. The monoisotopic (exact) mass is 793 g/mol. The summed E-state index contributed by atoms with van der Waals surface area (Å²) in [6, 6.07) is 6.95. The first-order valence-corrected chi connectivity index (χ1v) is 19.6. The van der Waals surface area contributed by atoms with E-state index in [0.29, 0.717) is 61.3 Å². The van der Waals surface area contributed by atoms with Crippen molar-refractivity contribution in [3.05, 3.63) is 33.7 Å². The van der Waals surface area contributed by atoms with Gasteiger partial charge in [-0.05, 0) is 49.9 Å². The highest BCUT2D eigenvalue weighted by atomic mass is 127. The van der Waals surface area contributed by atoms with Crippen LogP contribution in [0, 0.1) is 9.31 Å². The Morgan fingerprint density at radius 1 is 0.755 bits per heavy atom. The number of aromatic nitrogens is 2. The molecule has 0 atom stereocenters. The number of unbranched alkanes of at least 4 members (excludes halogenated alkanes) is 12. The lowest BCUT2D eigenvalue weighted by Gasteiger charge is -2.69. The van der Waals surface area contributed by atoms with Crippen LogP contribution >= 0.6 is 22.6 Å². The molecule has 2 bridgehead atoms. The molecule has 5 rings (SSSR count). The molecule has 272 valence electrons. The molecule has 3 aliphatic rings. The fraction of sp³-hybridized carbons (Fsp3) is 0.703. The molecular formula is C37H56IN5O6. The zero-order valence-electron chi connectivity index (χ0n) is 29.3. The summed E-state index contributed by atoms with van der Waals surface area (Å²) in [6.45, 7) is 4.65. The van der Waals surface area contributed by atoms with Crippen LogP contribution in [0.25, 0.3) is 11.5 Å². The standard InChI is InChI=1S/C37H56IN5O6/c1-2-3-4-5-6-7-8-9-10-11-12-13-14-15-31(44)41-37-26-36(27-37,28-37)34(46)40-21-23-48-25-24-47-22-20-39-32(45)29-16-18-30(19-17-29)33-42-43-35(38)49-33/h16-19H,2-15,20-28H2,1H3,(H,39,45)(H,40,46)(H,41,44). The summed E-state index contributed by atoms with van der Waals surface area (Å²) in [5.74, 6) is 0.421. The quantitative estimate of drug-likeness (QED) is 0.0667. The van der Waals surface area contributed by atoms with Gasteiger partial charge in [0.2, 0.25) is 17.7 Å². The SMILES string of the molecule is CCCCCCCCCCCCCCCC(=O)NC12CC(C(=O)NCCOCCOCCNC(=O)c3ccc(-c4nnc(I)o4)cc3)(C1)C2. The third-order valence-electron chi connectivity index (χ3n) is 9.65. The molecule has 3 amide bonds. The Morgan fingerprint density at radius 2 is 1.31 bits per heavy atom. The summed E-state index contributed by atoms with van der Waals surface area (Å²) in [7, 11) is 0. The van der Waals surface area contributed by atoms with Crippen LogP contribution in [0.1, 0.15) is 126 Å². The van der Waals surface area contributed by atoms with Gasteiger partial charge in [-0.3, -0.25) is 14.4 Å². The van der Waals surface area contributed by atoms with Crippen molar-refractivity contribution in [2.75, 3.05) is 39.5 Å². The molecular weight excluding hydrogens is 737 g/mol. The Morgan fingerprint density at radius 3 is 1.86 bits per heavy atom. The van der Waals surface area contributed by atoms with Crippen molar-refractivity contribution >= 4 is 40.3 Å². The van der Waals surface area contributed by atoms with Crippen molar-refractivity contribution in [1.82, 2.24) is 26.1 Å². The van der Waals surface area contributed by atoms with E-state index in [4.69, 9.17) is 13.9 Å². The summed E-state index contributed by atoms with van der Waals surface area (Å²) in [4.78, 5) is 37.5. The van der Waals surface area contributed by atoms with E-state index < -0.39 is 0 Å². The third-order valence-corrected chi connectivity index (χ3v) is 10.1. The van der Waals surface area contributed by atoms with Gasteiger partial charge >= 0.3 is 0 Å². The average Bonchev–Trinajstić information content (AvgIpc) is 3.51. The number of amides is 3. The first-order valence-electron chi connectivity index (χ1n) is 18.5. The molecule has 0 aliphatic heterocycles. The summed E-state index contributed by atoms with van der Waals surface area (Å²) < 4.78 is 17.0. The number of nitrogens with zero attached hydrogens (tertiary/aromatic N) is 2. The van der Waals surface area contributed by atoms with Crippen LogP contribution in [-0.4, -0.2) is 73.0 Å². The van der Waals surface area contributed by atoms with Crippen LogP contribution in [-0.2, 0) is 19.1 Å². The Labute approximate surface area is 305 Å². The van der Waals surface area contributed by atoms with Crippen molar-refractivity contribution < 1.29 is 28.3 Å². The summed E-state index contributed by atoms with van der Waals surface area (Å²) in [5, 5.41) is 16.8. The Balaban J connectivity index is 0.908. The van der Waals surface area contributed by atoms with Crippen molar-refractivity contribution in [2.45, 2.75) is 122 Å². The highest BCUT2D eigenvalue weighted by Gasteiger charge is 2.72. The van der Waals surface area contributed by atoms with Crippen LogP contribution in [0.3, 0.4) is 0 Å². The first-order chi connectivity index (χ1) is 23.8. The van der Waals surface area contributed by atoms with E-state index in [1.165, 1.54) is 70.6 Å². The van der Waals surface area contributed by atoms with Crippen molar-refractivity contribution in [1.29, 1.82) is 0 Å². The van der Waals surface area contributed by atoms with Crippen LogP contribution in [0.15, 0.2) is 28.7 Å². The number of nitrogens with one attached hydrogen (secondary N) is 3. The highest BCUT2D eigenvalue weighted by Crippen LogP contribution is 2.67. The summed E-state index contributed by atoms with van der Waals surface area (Å²) in [5.41, 5.74) is 0.809. The number of benzene rings is 1. The van der Waals surface area contributed by atoms with Gasteiger partial charge in [-0.1, -0.05) is 84.0 Å². The van der Waals surface area contributed by atoms with Crippen LogP contribution in [0.4, 0.5) is 0 Å². The molecule has 0 unspecified atom stereocenters. The molecule has 3 N–H and O–H groups in total.